The molecular formula is C5H9NOS2. The second-order valence-corrected chi connectivity index (χ2v) is 3.10. The maximum Gasteiger partial charge on any atom is 0.231 e. The lowest BCUT2D eigenvalue weighted by Crippen LogP contribution is -1.97. The van der Waals surface area contributed by atoms with Crippen LogP contribution in [0.2, 0.25) is 0 Å². The van der Waals surface area contributed by atoms with Gasteiger partial charge >= 0.3 is 0 Å². The van der Waals surface area contributed by atoms with Gasteiger partial charge in [-0.25, -0.2) is 10.2 Å². The van der Waals surface area contributed by atoms with Gasteiger partial charge in [-0.1, -0.05) is 0 Å². The lowest BCUT2D eigenvalue weighted by molar-refractivity contribution is 0.563. The second-order valence-electron chi connectivity index (χ2n) is 1.10. The summed E-state index contributed by atoms with van der Waals surface area (Å²) in [5.74, 6) is 1.66. The van der Waals surface area contributed by atoms with Crippen LogP contribution in [0.15, 0.2) is 0 Å². The van der Waals surface area contributed by atoms with Gasteiger partial charge in [-0.2, -0.15) is 23.5 Å². The lowest BCUT2D eigenvalue weighted by Gasteiger charge is -2.05. The van der Waals surface area contributed by atoms with E-state index in [1.54, 1.807) is 23.5 Å². The van der Waals surface area contributed by atoms with Crippen molar-refractivity contribution in [1.29, 1.82) is 5.41 Å². The quantitative estimate of drug-likeness (QED) is 0.435. The van der Waals surface area contributed by atoms with E-state index in [2.05, 4.69) is 0 Å². The van der Waals surface area contributed by atoms with Gasteiger partial charge in [-0.05, 0) is 0 Å². The van der Waals surface area contributed by atoms with Crippen molar-refractivity contribution >= 4 is 29.6 Å². The molecule has 0 aromatic rings. The fraction of sp³-hybridized carbons (Fsp3) is 0.800. The molecule has 0 aromatic carbocycles. The Hall–Kier alpha value is 0.0800. The third-order valence-electron chi connectivity index (χ3n) is 0.564. The molecule has 0 aliphatic carbocycles. The van der Waals surface area contributed by atoms with E-state index < -0.39 is 0 Å². The Bertz CT molecular complexity index is 122. The molecule has 0 saturated carbocycles. The molecule has 1 N–H and O–H groups in total. The van der Waals surface area contributed by atoms with E-state index in [1.165, 1.54) is 0 Å². The predicted molar refractivity (Wildman–Crippen MR) is 43.1 cm³/mol. The number of hydrogen-bond acceptors (Lipinski definition) is 4. The van der Waals surface area contributed by atoms with Gasteiger partial charge in [0.2, 0.25) is 6.08 Å². The van der Waals surface area contributed by atoms with E-state index in [-0.39, 0.29) is 11.5 Å². The second kappa shape index (κ2) is 8.08. The highest BCUT2D eigenvalue weighted by atomic mass is 32.2. The van der Waals surface area contributed by atoms with Crippen LogP contribution in [-0.2, 0) is 4.79 Å². The zero-order valence-corrected chi connectivity index (χ0v) is 6.43. The fourth-order valence-corrected chi connectivity index (χ4v) is 1.98. The van der Waals surface area contributed by atoms with E-state index in [9.17, 15) is 0 Å². The third kappa shape index (κ3) is 8.08. The minimum absolute atomic E-state index is 0.0293. The van der Waals surface area contributed by atoms with Crippen LogP contribution in [0.1, 0.15) is 2.74 Å². The summed E-state index contributed by atoms with van der Waals surface area (Å²) >= 11 is 3.17. The molecule has 9 heavy (non-hydrogen) atoms. The van der Waals surface area contributed by atoms with Gasteiger partial charge in [-0.3, -0.25) is 0 Å². The van der Waals surface area contributed by atoms with Gasteiger partial charge in [0.1, 0.15) is 0 Å². The largest absolute Gasteiger partial charge is 0.231 e. The number of hydrogen-bond donors (Lipinski definition) is 1. The first-order valence-electron chi connectivity index (χ1n) is 3.47. The van der Waals surface area contributed by atoms with Crippen LogP contribution < -0.4 is 0 Å². The van der Waals surface area contributed by atoms with Crippen LogP contribution >= 0.6 is 23.5 Å². The van der Waals surface area contributed by atoms with Crippen LogP contribution in [0.4, 0.5) is 0 Å². The van der Waals surface area contributed by atoms with E-state index in [1.807, 2.05) is 0 Å². The van der Waals surface area contributed by atoms with Gasteiger partial charge in [0, 0.05) is 25.7 Å². The standard InChI is InChI=1S/C4H8S2.CHNO/c1-2-6-4-3-5-1;2-1-3/h1-4H2;2H/i1D,4D;. The molecule has 2 atom stereocenters. The summed E-state index contributed by atoms with van der Waals surface area (Å²) in [6.07, 6.45) is 0.750. The summed E-state index contributed by atoms with van der Waals surface area (Å²) in [6.45, 7) is 0. The first-order chi connectivity index (χ1) is 5.20. The van der Waals surface area contributed by atoms with Crippen molar-refractivity contribution < 1.29 is 7.54 Å². The van der Waals surface area contributed by atoms with Gasteiger partial charge in [0.15, 0.2) is 0 Å². The molecule has 52 valence electrons. The van der Waals surface area contributed by atoms with Crippen LogP contribution in [0.25, 0.3) is 0 Å². The molecule has 1 heterocycles. The summed E-state index contributed by atoms with van der Waals surface area (Å²) in [6, 6.07) is 0. The molecular weight excluding hydrogens is 154 g/mol. The number of nitrogens with one attached hydrogen (secondary N) is 1. The van der Waals surface area contributed by atoms with E-state index >= 15 is 0 Å². The molecule has 1 aliphatic rings. The van der Waals surface area contributed by atoms with Gasteiger partial charge < -0.3 is 0 Å². The molecule has 2 unspecified atom stereocenters. The summed E-state index contributed by atoms with van der Waals surface area (Å²) in [5, 5.41) is 5.40. The number of carbonyl (C=O) groups excluding carboxylic acids is 1. The monoisotopic (exact) mass is 165 g/mol. The Morgan fingerprint density at radius 1 is 1.44 bits per heavy atom. The van der Waals surface area contributed by atoms with Crippen molar-refractivity contribution in [1.82, 2.24) is 0 Å². The van der Waals surface area contributed by atoms with Crippen LogP contribution in [0, 0.1) is 5.41 Å². The van der Waals surface area contributed by atoms with Crippen molar-refractivity contribution in [3.8, 4) is 0 Å². The Morgan fingerprint density at radius 2 is 1.78 bits per heavy atom. The van der Waals surface area contributed by atoms with Crippen LogP contribution in [-0.4, -0.2) is 29.0 Å². The number of rotatable bonds is 0. The summed E-state index contributed by atoms with van der Waals surface area (Å²) in [4.78, 5) is 8.35. The zero-order valence-electron chi connectivity index (χ0n) is 6.79. The maximum atomic E-state index is 8.35. The SMILES string of the molecule is N=C=O.[2H]C1CSC([2H])CS1. The Balaban J connectivity index is 0.000000292. The highest BCUT2D eigenvalue weighted by Gasteiger charge is 1.95. The molecule has 0 radical (unpaired) electrons. The summed E-state index contributed by atoms with van der Waals surface area (Å²) in [7, 11) is 0. The Labute approximate surface area is 66.1 Å². The molecule has 1 rings (SSSR count). The van der Waals surface area contributed by atoms with Crippen molar-refractivity contribution in [3.63, 3.8) is 0 Å². The van der Waals surface area contributed by atoms with Gasteiger partial charge in [0.25, 0.3) is 0 Å². The van der Waals surface area contributed by atoms with E-state index in [0.29, 0.717) is 0 Å². The molecule has 1 fully saturated rings. The topological polar surface area (TPSA) is 40.9 Å². The summed E-state index contributed by atoms with van der Waals surface area (Å²) in [5.41, 5.74) is 0.0585. The van der Waals surface area contributed by atoms with E-state index in [0.717, 1.165) is 17.6 Å². The van der Waals surface area contributed by atoms with Crippen LogP contribution in [0.5, 0.6) is 0 Å². The number of thioether (sulfide) groups is 2. The van der Waals surface area contributed by atoms with Crippen molar-refractivity contribution in [2.75, 3.05) is 23.0 Å². The number of isocyanates is 1. The van der Waals surface area contributed by atoms with Crippen molar-refractivity contribution in [3.05, 3.63) is 0 Å². The molecule has 1 saturated heterocycles. The van der Waals surface area contributed by atoms with Gasteiger partial charge in [-0.15, -0.1) is 0 Å². The fourth-order valence-electron chi connectivity index (χ4n) is 0.311. The Kier molecular flexibility index (Phi) is 5.24. The molecule has 0 aromatic heterocycles. The highest BCUT2D eigenvalue weighted by molar-refractivity contribution is 8.06. The minimum atomic E-state index is 0.0293. The molecule has 4 heteroatoms. The molecule has 0 spiro atoms. The maximum absolute atomic E-state index is 8.35. The first-order valence-corrected chi connectivity index (χ1v) is 4.42. The van der Waals surface area contributed by atoms with Crippen molar-refractivity contribution in [2.24, 2.45) is 0 Å². The lowest BCUT2D eigenvalue weighted by atomic mass is 10.9. The van der Waals surface area contributed by atoms with E-state index in [4.69, 9.17) is 12.9 Å². The molecule has 0 bridgehead atoms. The average molecular weight is 165 g/mol. The molecule has 2 nitrogen and oxygen atoms in total. The Morgan fingerprint density at radius 3 is 2.00 bits per heavy atom. The minimum Gasteiger partial charge on any atom is -0.222 e. The van der Waals surface area contributed by atoms with Crippen molar-refractivity contribution in [2.45, 2.75) is 0 Å². The smallest absolute Gasteiger partial charge is 0.222 e. The first kappa shape index (κ1) is 5.83. The van der Waals surface area contributed by atoms with Gasteiger partial charge in [0.05, 0.1) is 0 Å². The summed E-state index contributed by atoms with van der Waals surface area (Å²) < 4.78 is 14.4. The van der Waals surface area contributed by atoms with Crippen LogP contribution in [0.3, 0.4) is 0 Å². The average Bonchev–Trinajstić information content (AvgIpc) is 1.97. The molecule has 0 amide bonds. The highest BCUT2D eigenvalue weighted by Crippen LogP contribution is 2.14. The molecule has 1 aliphatic heterocycles. The predicted octanol–water partition coefficient (Wildman–Crippen LogP) is 1.37. The normalized spacial score (nSPS) is 36.4. The third-order valence-corrected chi connectivity index (χ3v) is 2.51. The zero-order chi connectivity index (χ0) is 8.69.